The van der Waals surface area contributed by atoms with E-state index in [-0.39, 0.29) is 12.0 Å². The number of nitrogen functional groups attached to an aromatic ring is 1. The van der Waals surface area contributed by atoms with E-state index in [2.05, 4.69) is 45.6 Å². The van der Waals surface area contributed by atoms with E-state index in [0.717, 1.165) is 6.42 Å². The number of nitrogens with one attached hydrogen (secondary N) is 1. The highest BCUT2D eigenvalue weighted by Gasteiger charge is 2.12. The van der Waals surface area contributed by atoms with Gasteiger partial charge in [0.2, 0.25) is 11.9 Å². The van der Waals surface area contributed by atoms with Crippen molar-refractivity contribution in [1.29, 1.82) is 0 Å². The lowest BCUT2D eigenvalue weighted by Crippen LogP contribution is -2.12. The number of hydrogen-bond acceptors (Lipinski definition) is 6. The molecule has 0 spiro atoms. The molecule has 0 aliphatic rings. The minimum absolute atomic E-state index is 0.168. The van der Waals surface area contributed by atoms with Gasteiger partial charge < -0.3 is 11.1 Å². The van der Waals surface area contributed by atoms with Crippen LogP contribution in [0.2, 0.25) is 0 Å². The number of thiophene rings is 1. The van der Waals surface area contributed by atoms with Gasteiger partial charge in [0.25, 0.3) is 0 Å². The molecule has 1 atom stereocenters. The van der Waals surface area contributed by atoms with E-state index < -0.39 is 0 Å². The predicted octanol–water partition coefficient (Wildman–Crippen LogP) is 2.56. The fraction of sp³-hybridized carbons (Fsp3) is 0.417. The lowest BCUT2D eigenvalue weighted by molar-refractivity contribution is 0.851. The van der Waals surface area contributed by atoms with Gasteiger partial charge in [-0.15, -0.1) is 11.3 Å². The van der Waals surface area contributed by atoms with Crippen LogP contribution in [0, 0.1) is 6.92 Å². The highest BCUT2D eigenvalue weighted by Crippen LogP contribution is 2.26. The first-order valence-electron chi connectivity index (χ1n) is 5.91. The largest absolute Gasteiger partial charge is 0.368 e. The number of hydrogen-bond donors (Lipinski definition) is 2. The molecule has 3 N–H and O–H groups in total. The van der Waals surface area contributed by atoms with E-state index in [4.69, 9.17) is 5.73 Å². The predicted molar refractivity (Wildman–Crippen MR) is 74.7 cm³/mol. The zero-order valence-corrected chi connectivity index (χ0v) is 11.6. The standard InChI is InChI=1S/C12H17N5S/c1-4-9-5-6-18-10(9)7(2)14-12-16-8(3)15-11(13)17-12/h5-7H,4H2,1-3H3,(H3,13,14,15,16,17). The molecule has 0 aliphatic carbocycles. The molecule has 6 heteroatoms. The first-order valence-corrected chi connectivity index (χ1v) is 6.79. The second kappa shape index (κ2) is 5.30. The molecule has 2 heterocycles. The molecule has 0 saturated carbocycles. The summed E-state index contributed by atoms with van der Waals surface area (Å²) in [5.74, 6) is 1.40. The molecule has 0 radical (unpaired) electrons. The number of aromatic nitrogens is 3. The molecule has 2 rings (SSSR count). The Bertz CT molecular complexity index is 517. The highest BCUT2D eigenvalue weighted by atomic mass is 32.1. The van der Waals surface area contributed by atoms with Crippen LogP contribution in [0.1, 0.15) is 36.2 Å². The smallest absolute Gasteiger partial charge is 0.228 e. The van der Waals surface area contributed by atoms with Crippen molar-refractivity contribution in [3.05, 3.63) is 27.7 Å². The fourth-order valence-corrected chi connectivity index (χ4v) is 2.85. The van der Waals surface area contributed by atoms with Gasteiger partial charge in [0, 0.05) is 4.88 Å². The Balaban J connectivity index is 2.18. The molecule has 0 saturated heterocycles. The van der Waals surface area contributed by atoms with Crippen molar-refractivity contribution in [1.82, 2.24) is 15.0 Å². The van der Waals surface area contributed by atoms with Gasteiger partial charge in [-0.05, 0) is 37.3 Å². The molecule has 96 valence electrons. The van der Waals surface area contributed by atoms with Crippen molar-refractivity contribution < 1.29 is 0 Å². The van der Waals surface area contributed by atoms with E-state index in [1.807, 2.05) is 0 Å². The maximum Gasteiger partial charge on any atom is 0.228 e. The molecule has 1 unspecified atom stereocenters. The lowest BCUT2D eigenvalue weighted by atomic mass is 10.1. The van der Waals surface area contributed by atoms with Gasteiger partial charge in [-0.25, -0.2) is 0 Å². The summed E-state index contributed by atoms with van der Waals surface area (Å²) >= 11 is 1.74. The van der Waals surface area contributed by atoms with E-state index in [1.54, 1.807) is 18.3 Å². The first kappa shape index (κ1) is 12.8. The van der Waals surface area contributed by atoms with Crippen LogP contribution in [-0.4, -0.2) is 15.0 Å². The summed E-state index contributed by atoms with van der Waals surface area (Å²) in [4.78, 5) is 13.6. The second-order valence-corrected chi connectivity index (χ2v) is 5.04. The summed E-state index contributed by atoms with van der Waals surface area (Å²) < 4.78 is 0. The van der Waals surface area contributed by atoms with Crippen LogP contribution in [0.4, 0.5) is 11.9 Å². The molecule has 18 heavy (non-hydrogen) atoms. The van der Waals surface area contributed by atoms with E-state index in [0.29, 0.717) is 11.8 Å². The molecule has 2 aromatic heterocycles. The summed E-state index contributed by atoms with van der Waals surface area (Å²) in [5, 5.41) is 5.38. The van der Waals surface area contributed by atoms with Crippen LogP contribution < -0.4 is 11.1 Å². The van der Waals surface area contributed by atoms with Crippen molar-refractivity contribution in [2.24, 2.45) is 0 Å². The van der Waals surface area contributed by atoms with Crippen LogP contribution in [-0.2, 0) is 6.42 Å². The summed E-state index contributed by atoms with van der Waals surface area (Å²) in [7, 11) is 0. The van der Waals surface area contributed by atoms with Crippen molar-refractivity contribution in [3.63, 3.8) is 0 Å². The van der Waals surface area contributed by atoms with Gasteiger partial charge in [0.05, 0.1) is 6.04 Å². The minimum atomic E-state index is 0.168. The molecule has 0 bridgehead atoms. The van der Waals surface area contributed by atoms with Crippen LogP contribution in [0.5, 0.6) is 0 Å². The van der Waals surface area contributed by atoms with Crippen molar-refractivity contribution >= 4 is 23.2 Å². The average molecular weight is 263 g/mol. The molecule has 0 amide bonds. The number of nitrogens with two attached hydrogens (primary N) is 1. The zero-order chi connectivity index (χ0) is 13.1. The lowest BCUT2D eigenvalue weighted by Gasteiger charge is -2.14. The number of aryl methyl sites for hydroxylation is 2. The SMILES string of the molecule is CCc1ccsc1C(C)Nc1nc(C)nc(N)n1. The van der Waals surface area contributed by atoms with E-state index in [1.165, 1.54) is 10.4 Å². The van der Waals surface area contributed by atoms with Crippen molar-refractivity contribution in [3.8, 4) is 0 Å². The molecular weight excluding hydrogens is 246 g/mol. The molecule has 0 aliphatic heterocycles. The quantitative estimate of drug-likeness (QED) is 0.886. The minimum Gasteiger partial charge on any atom is -0.368 e. The van der Waals surface area contributed by atoms with Crippen LogP contribution in [0.25, 0.3) is 0 Å². The van der Waals surface area contributed by atoms with Crippen molar-refractivity contribution in [2.75, 3.05) is 11.1 Å². The average Bonchev–Trinajstić information content (AvgIpc) is 2.75. The second-order valence-electron chi connectivity index (χ2n) is 4.09. The number of rotatable bonds is 4. The Hall–Kier alpha value is -1.69. The van der Waals surface area contributed by atoms with Crippen LogP contribution in [0.3, 0.4) is 0 Å². The molecule has 0 aromatic carbocycles. The Morgan fingerprint density at radius 2 is 2.17 bits per heavy atom. The monoisotopic (exact) mass is 263 g/mol. The van der Waals surface area contributed by atoms with Gasteiger partial charge in [-0.1, -0.05) is 6.92 Å². The Morgan fingerprint density at radius 3 is 2.83 bits per heavy atom. The molecular formula is C12H17N5S. The van der Waals surface area contributed by atoms with Crippen molar-refractivity contribution in [2.45, 2.75) is 33.2 Å². The van der Waals surface area contributed by atoms with E-state index >= 15 is 0 Å². The number of nitrogens with zero attached hydrogens (tertiary/aromatic N) is 3. The normalized spacial score (nSPS) is 12.4. The Morgan fingerprint density at radius 1 is 1.39 bits per heavy atom. The molecule has 5 nitrogen and oxygen atoms in total. The Kier molecular flexibility index (Phi) is 3.76. The third-order valence-corrected chi connectivity index (χ3v) is 3.81. The summed E-state index contributed by atoms with van der Waals surface area (Å²) in [6.07, 6.45) is 1.03. The summed E-state index contributed by atoms with van der Waals surface area (Å²) in [5.41, 5.74) is 6.97. The highest BCUT2D eigenvalue weighted by molar-refractivity contribution is 7.10. The first-order chi connectivity index (χ1) is 8.60. The fourth-order valence-electron chi connectivity index (χ4n) is 1.85. The van der Waals surface area contributed by atoms with Gasteiger partial charge in [0.15, 0.2) is 0 Å². The maximum absolute atomic E-state index is 5.61. The maximum atomic E-state index is 5.61. The molecule has 0 fully saturated rings. The topological polar surface area (TPSA) is 76.7 Å². The third-order valence-electron chi connectivity index (χ3n) is 2.67. The summed E-state index contributed by atoms with van der Waals surface area (Å²) in [6.45, 7) is 6.06. The molecule has 2 aromatic rings. The van der Waals surface area contributed by atoms with Gasteiger partial charge in [0.1, 0.15) is 5.82 Å². The Labute approximate surface area is 111 Å². The van der Waals surface area contributed by atoms with Crippen LogP contribution in [0.15, 0.2) is 11.4 Å². The van der Waals surface area contributed by atoms with Crippen LogP contribution >= 0.6 is 11.3 Å². The third kappa shape index (κ3) is 2.76. The van der Waals surface area contributed by atoms with Gasteiger partial charge >= 0.3 is 0 Å². The van der Waals surface area contributed by atoms with Gasteiger partial charge in [-0.2, -0.15) is 15.0 Å². The number of anilines is 2. The zero-order valence-electron chi connectivity index (χ0n) is 10.8. The van der Waals surface area contributed by atoms with E-state index in [9.17, 15) is 0 Å². The summed E-state index contributed by atoms with van der Waals surface area (Å²) in [6, 6.07) is 2.33. The van der Waals surface area contributed by atoms with Gasteiger partial charge in [-0.3, -0.25) is 0 Å².